The lowest BCUT2D eigenvalue weighted by atomic mass is 9.83. The van der Waals surface area contributed by atoms with E-state index in [4.69, 9.17) is 10.5 Å². The lowest BCUT2D eigenvalue weighted by molar-refractivity contribution is -0.145. The van der Waals surface area contributed by atoms with Crippen LogP contribution in [0.2, 0.25) is 0 Å². The van der Waals surface area contributed by atoms with Gasteiger partial charge in [0.1, 0.15) is 5.60 Å². The Morgan fingerprint density at radius 1 is 1.28 bits per heavy atom. The molecule has 0 bridgehead atoms. The summed E-state index contributed by atoms with van der Waals surface area (Å²) in [5.41, 5.74) is 7.47. The normalized spacial score (nSPS) is 24.3. The van der Waals surface area contributed by atoms with Crippen molar-refractivity contribution >= 4 is 11.9 Å². The van der Waals surface area contributed by atoms with Gasteiger partial charge in [0.2, 0.25) is 11.9 Å². The standard InChI is InChI=1S/C18H27N5O2/c1-13(22-7-2-3-8-22)16(24)23-9-5-18(6-10-23)15-14(4-11-25-18)12-20-17(19)21-15/h12-13H,2-11H2,1H3,(H2,19,20,21). The molecule has 0 aliphatic carbocycles. The van der Waals surface area contributed by atoms with Crippen molar-refractivity contribution in [1.82, 2.24) is 19.8 Å². The molecule has 4 heterocycles. The molecule has 2 saturated heterocycles. The van der Waals surface area contributed by atoms with Gasteiger partial charge in [-0.1, -0.05) is 0 Å². The Morgan fingerprint density at radius 2 is 2.00 bits per heavy atom. The van der Waals surface area contributed by atoms with Gasteiger partial charge in [-0.15, -0.1) is 0 Å². The van der Waals surface area contributed by atoms with Crippen LogP contribution in [0.1, 0.15) is 43.9 Å². The Balaban J connectivity index is 1.47. The largest absolute Gasteiger partial charge is 0.368 e. The lowest BCUT2D eigenvalue weighted by Crippen LogP contribution is -2.53. The fourth-order valence-electron chi connectivity index (χ4n) is 4.44. The molecule has 3 aliphatic heterocycles. The van der Waals surface area contributed by atoms with Crippen LogP contribution in [0.15, 0.2) is 6.20 Å². The average molecular weight is 345 g/mol. The van der Waals surface area contributed by atoms with E-state index >= 15 is 0 Å². The predicted octanol–water partition coefficient (Wildman–Crippen LogP) is 0.934. The second kappa shape index (κ2) is 6.53. The van der Waals surface area contributed by atoms with Crippen LogP contribution >= 0.6 is 0 Å². The molecular weight excluding hydrogens is 318 g/mol. The maximum absolute atomic E-state index is 12.9. The first kappa shape index (κ1) is 16.7. The zero-order valence-corrected chi connectivity index (χ0v) is 14.9. The third-order valence-electron chi connectivity index (χ3n) is 5.99. The van der Waals surface area contributed by atoms with Gasteiger partial charge in [0, 0.05) is 19.3 Å². The van der Waals surface area contributed by atoms with E-state index in [0.29, 0.717) is 25.6 Å². The van der Waals surface area contributed by atoms with Crippen LogP contribution in [0, 0.1) is 0 Å². The summed E-state index contributed by atoms with van der Waals surface area (Å²) in [5, 5.41) is 0. The highest BCUT2D eigenvalue weighted by Gasteiger charge is 2.44. The fraction of sp³-hybridized carbons (Fsp3) is 0.722. The summed E-state index contributed by atoms with van der Waals surface area (Å²) in [6.45, 7) is 6.21. The lowest BCUT2D eigenvalue weighted by Gasteiger charge is -2.44. The highest BCUT2D eigenvalue weighted by atomic mass is 16.5. The van der Waals surface area contributed by atoms with Crippen LogP contribution in [0.4, 0.5) is 5.95 Å². The van der Waals surface area contributed by atoms with Gasteiger partial charge >= 0.3 is 0 Å². The topological polar surface area (TPSA) is 84.6 Å². The van der Waals surface area contributed by atoms with E-state index in [0.717, 1.165) is 43.6 Å². The van der Waals surface area contributed by atoms with Crippen LogP contribution in [0.5, 0.6) is 0 Å². The number of likely N-dealkylation sites (tertiary alicyclic amines) is 2. The minimum absolute atomic E-state index is 0.0194. The van der Waals surface area contributed by atoms with Crippen LogP contribution in [0.3, 0.4) is 0 Å². The van der Waals surface area contributed by atoms with Crippen molar-refractivity contribution in [2.24, 2.45) is 0 Å². The molecule has 7 nitrogen and oxygen atoms in total. The van der Waals surface area contributed by atoms with Gasteiger partial charge in [-0.05, 0) is 57.7 Å². The Labute approximate surface area is 148 Å². The molecule has 136 valence electrons. The Kier molecular flexibility index (Phi) is 4.37. The summed E-state index contributed by atoms with van der Waals surface area (Å²) in [7, 11) is 0. The molecule has 1 aromatic heterocycles. The number of nitrogens with zero attached hydrogens (tertiary/aromatic N) is 4. The molecule has 1 aromatic rings. The van der Waals surface area contributed by atoms with Crippen molar-refractivity contribution in [2.75, 3.05) is 38.5 Å². The van der Waals surface area contributed by atoms with Gasteiger partial charge in [0.25, 0.3) is 0 Å². The SMILES string of the molecule is CC(C(=O)N1CCC2(CC1)OCCc1cnc(N)nc12)N1CCCC1. The smallest absolute Gasteiger partial charge is 0.239 e. The van der Waals surface area contributed by atoms with Crippen molar-refractivity contribution in [1.29, 1.82) is 0 Å². The quantitative estimate of drug-likeness (QED) is 0.858. The minimum Gasteiger partial charge on any atom is -0.368 e. The van der Waals surface area contributed by atoms with Crippen LogP contribution in [-0.2, 0) is 21.6 Å². The third-order valence-corrected chi connectivity index (χ3v) is 5.99. The monoisotopic (exact) mass is 345 g/mol. The molecule has 0 radical (unpaired) electrons. The van der Waals surface area contributed by atoms with E-state index in [1.807, 2.05) is 18.0 Å². The van der Waals surface area contributed by atoms with E-state index in [9.17, 15) is 4.79 Å². The summed E-state index contributed by atoms with van der Waals surface area (Å²) in [5.74, 6) is 0.541. The number of nitrogen functional groups attached to an aromatic ring is 1. The van der Waals surface area contributed by atoms with Crippen LogP contribution in [0.25, 0.3) is 0 Å². The summed E-state index contributed by atoms with van der Waals surface area (Å²) < 4.78 is 6.18. The van der Waals surface area contributed by atoms with Gasteiger partial charge in [0.05, 0.1) is 18.3 Å². The van der Waals surface area contributed by atoms with Gasteiger partial charge in [-0.3, -0.25) is 9.69 Å². The van der Waals surface area contributed by atoms with Crippen molar-refractivity contribution in [3.63, 3.8) is 0 Å². The number of aromatic nitrogens is 2. The van der Waals surface area contributed by atoms with E-state index in [1.54, 1.807) is 0 Å². The molecule has 0 aromatic carbocycles. The number of fused-ring (bicyclic) bond motifs is 2. The van der Waals surface area contributed by atoms with Crippen molar-refractivity contribution in [3.05, 3.63) is 17.5 Å². The second-order valence-corrected chi connectivity index (χ2v) is 7.44. The molecule has 0 saturated carbocycles. The molecule has 1 atom stereocenters. The Morgan fingerprint density at radius 3 is 2.72 bits per heavy atom. The van der Waals surface area contributed by atoms with Gasteiger partial charge in [-0.2, -0.15) is 0 Å². The summed E-state index contributed by atoms with van der Waals surface area (Å²) >= 11 is 0. The summed E-state index contributed by atoms with van der Waals surface area (Å²) in [4.78, 5) is 25.8. The number of piperidine rings is 1. The number of amides is 1. The number of hydrogen-bond acceptors (Lipinski definition) is 6. The summed E-state index contributed by atoms with van der Waals surface area (Å²) in [6.07, 6.45) is 6.60. The van der Waals surface area contributed by atoms with E-state index in [1.165, 1.54) is 12.8 Å². The molecule has 2 N–H and O–H groups in total. The van der Waals surface area contributed by atoms with Gasteiger partial charge < -0.3 is 15.4 Å². The zero-order chi connectivity index (χ0) is 17.4. The third kappa shape index (κ3) is 3.00. The Hall–Kier alpha value is -1.73. The molecule has 1 unspecified atom stereocenters. The first-order chi connectivity index (χ1) is 12.1. The van der Waals surface area contributed by atoms with E-state index in [-0.39, 0.29) is 11.9 Å². The predicted molar refractivity (Wildman–Crippen MR) is 93.9 cm³/mol. The minimum atomic E-state index is -0.404. The second-order valence-electron chi connectivity index (χ2n) is 7.44. The van der Waals surface area contributed by atoms with E-state index < -0.39 is 5.60 Å². The maximum atomic E-state index is 12.9. The number of hydrogen-bond donors (Lipinski definition) is 1. The Bertz CT molecular complexity index is 651. The van der Waals surface area contributed by atoms with Gasteiger partial charge in [-0.25, -0.2) is 9.97 Å². The van der Waals surface area contributed by atoms with Gasteiger partial charge in [0.15, 0.2) is 0 Å². The van der Waals surface area contributed by atoms with E-state index in [2.05, 4.69) is 14.9 Å². The first-order valence-electron chi connectivity index (χ1n) is 9.38. The number of anilines is 1. The van der Waals surface area contributed by atoms with Crippen LogP contribution in [-0.4, -0.2) is 64.5 Å². The fourth-order valence-corrected chi connectivity index (χ4v) is 4.44. The van der Waals surface area contributed by atoms with Crippen molar-refractivity contribution in [2.45, 2.75) is 50.7 Å². The number of rotatable bonds is 2. The highest BCUT2D eigenvalue weighted by Crippen LogP contribution is 2.40. The molecule has 4 rings (SSSR count). The molecular formula is C18H27N5O2. The molecule has 1 spiro atoms. The average Bonchev–Trinajstić information content (AvgIpc) is 3.17. The zero-order valence-electron chi connectivity index (χ0n) is 14.9. The molecule has 3 aliphatic rings. The first-order valence-corrected chi connectivity index (χ1v) is 9.38. The maximum Gasteiger partial charge on any atom is 0.239 e. The molecule has 2 fully saturated rings. The molecule has 25 heavy (non-hydrogen) atoms. The number of ether oxygens (including phenoxy) is 1. The number of nitrogens with two attached hydrogens (primary N) is 1. The van der Waals surface area contributed by atoms with Crippen LogP contribution < -0.4 is 5.73 Å². The number of carbonyl (C=O) groups is 1. The highest BCUT2D eigenvalue weighted by molar-refractivity contribution is 5.81. The van der Waals surface area contributed by atoms with Crippen molar-refractivity contribution in [3.8, 4) is 0 Å². The number of carbonyl (C=O) groups excluding carboxylic acids is 1. The van der Waals surface area contributed by atoms with Crippen molar-refractivity contribution < 1.29 is 9.53 Å². The molecule has 1 amide bonds. The summed E-state index contributed by atoms with van der Waals surface area (Å²) in [6, 6.07) is -0.0194. The molecule has 7 heteroatoms.